The van der Waals surface area contributed by atoms with Crippen molar-refractivity contribution < 1.29 is 4.79 Å². The average Bonchev–Trinajstić information content (AvgIpc) is 3.07. The molecule has 2 saturated heterocycles. The molecule has 0 aliphatic carbocycles. The van der Waals surface area contributed by atoms with E-state index in [2.05, 4.69) is 19.8 Å². The molecule has 2 fully saturated rings. The maximum Gasteiger partial charge on any atom is 0.225 e. The number of aryl methyl sites for hydroxylation is 1. The zero-order valence-electron chi connectivity index (χ0n) is 13.2. The van der Waals surface area contributed by atoms with Crippen LogP contribution in [0, 0.1) is 12.8 Å². The van der Waals surface area contributed by atoms with Crippen molar-refractivity contribution in [2.75, 3.05) is 24.5 Å². The van der Waals surface area contributed by atoms with Crippen molar-refractivity contribution in [2.45, 2.75) is 45.6 Å². The summed E-state index contributed by atoms with van der Waals surface area (Å²) in [7, 11) is 0. The van der Waals surface area contributed by atoms with E-state index in [-0.39, 0.29) is 11.5 Å². The van der Waals surface area contributed by atoms with E-state index in [0.717, 1.165) is 50.4 Å². The number of rotatable bonds is 2. The van der Waals surface area contributed by atoms with Gasteiger partial charge in [-0.2, -0.15) is 0 Å². The normalized spacial score (nSPS) is 25.3. The van der Waals surface area contributed by atoms with Crippen molar-refractivity contribution in [3.8, 4) is 0 Å². The monoisotopic (exact) mass is 288 g/mol. The molecule has 5 nitrogen and oxygen atoms in total. The lowest BCUT2D eigenvalue weighted by molar-refractivity contribution is -0.138. The molecule has 1 aromatic heterocycles. The highest BCUT2D eigenvalue weighted by Gasteiger charge is 2.48. The molecule has 1 atom stereocenters. The summed E-state index contributed by atoms with van der Waals surface area (Å²) in [5.41, 5.74) is 1.08. The Morgan fingerprint density at radius 1 is 1.24 bits per heavy atom. The third-order valence-electron chi connectivity index (χ3n) is 4.74. The third-order valence-corrected chi connectivity index (χ3v) is 4.74. The van der Waals surface area contributed by atoms with Crippen LogP contribution in [0.15, 0.2) is 12.4 Å². The van der Waals surface area contributed by atoms with Crippen LogP contribution in [0.1, 0.15) is 38.7 Å². The maximum absolute atomic E-state index is 12.5. The van der Waals surface area contributed by atoms with Gasteiger partial charge in [0.2, 0.25) is 11.9 Å². The SMILES string of the molecule is Cc1cnc(N2CCC3(CCCN3C(=O)C(C)C)C2)nc1. The minimum absolute atomic E-state index is 0.00952. The Hall–Kier alpha value is -1.65. The van der Waals surface area contributed by atoms with E-state index < -0.39 is 0 Å². The van der Waals surface area contributed by atoms with Gasteiger partial charge in [-0.1, -0.05) is 13.8 Å². The highest BCUT2D eigenvalue weighted by atomic mass is 16.2. The Bertz CT molecular complexity index is 528. The van der Waals surface area contributed by atoms with E-state index in [1.165, 1.54) is 0 Å². The molecule has 1 unspecified atom stereocenters. The molecule has 0 bridgehead atoms. The molecule has 3 heterocycles. The largest absolute Gasteiger partial charge is 0.338 e. The molecular formula is C16H24N4O. The molecule has 0 saturated carbocycles. The fourth-order valence-corrected chi connectivity index (χ4v) is 3.59. The molecule has 1 amide bonds. The standard InChI is InChI=1S/C16H24N4O/c1-12(2)14(21)20-7-4-5-16(20)6-8-19(11-16)15-17-9-13(3)10-18-15/h9-10,12H,4-8,11H2,1-3H3. The molecule has 5 heteroatoms. The first-order chi connectivity index (χ1) is 10.0. The molecule has 2 aliphatic heterocycles. The van der Waals surface area contributed by atoms with Gasteiger partial charge < -0.3 is 9.80 Å². The summed E-state index contributed by atoms with van der Waals surface area (Å²) in [4.78, 5) is 25.7. The summed E-state index contributed by atoms with van der Waals surface area (Å²) in [6, 6.07) is 0. The quantitative estimate of drug-likeness (QED) is 0.835. The number of amides is 1. The number of carbonyl (C=O) groups is 1. The average molecular weight is 288 g/mol. The van der Waals surface area contributed by atoms with Gasteiger partial charge in [-0.15, -0.1) is 0 Å². The van der Waals surface area contributed by atoms with E-state index >= 15 is 0 Å². The highest BCUT2D eigenvalue weighted by molar-refractivity contribution is 5.79. The van der Waals surface area contributed by atoms with Crippen molar-refractivity contribution >= 4 is 11.9 Å². The van der Waals surface area contributed by atoms with Crippen LogP contribution in [0.5, 0.6) is 0 Å². The van der Waals surface area contributed by atoms with Gasteiger partial charge in [0.05, 0.1) is 5.54 Å². The Morgan fingerprint density at radius 2 is 1.95 bits per heavy atom. The third kappa shape index (κ3) is 2.49. The van der Waals surface area contributed by atoms with Crippen LogP contribution < -0.4 is 4.90 Å². The Labute approximate surface area is 126 Å². The van der Waals surface area contributed by atoms with Gasteiger partial charge in [0.15, 0.2) is 0 Å². The zero-order chi connectivity index (χ0) is 15.0. The van der Waals surface area contributed by atoms with Crippen molar-refractivity contribution in [3.63, 3.8) is 0 Å². The lowest BCUT2D eigenvalue weighted by Crippen LogP contribution is -2.50. The lowest BCUT2D eigenvalue weighted by atomic mass is 9.94. The van der Waals surface area contributed by atoms with Crippen molar-refractivity contribution in [2.24, 2.45) is 5.92 Å². The predicted octanol–water partition coefficient (Wildman–Crippen LogP) is 2.01. The van der Waals surface area contributed by atoms with Crippen LogP contribution in [-0.2, 0) is 4.79 Å². The highest BCUT2D eigenvalue weighted by Crippen LogP contribution is 2.39. The van der Waals surface area contributed by atoms with E-state index in [0.29, 0.717) is 5.91 Å². The second-order valence-corrected chi connectivity index (χ2v) is 6.70. The molecule has 0 N–H and O–H groups in total. The van der Waals surface area contributed by atoms with Gasteiger partial charge in [-0.05, 0) is 31.7 Å². The number of nitrogens with zero attached hydrogens (tertiary/aromatic N) is 4. The summed E-state index contributed by atoms with van der Waals surface area (Å²) in [5, 5.41) is 0. The Balaban J connectivity index is 1.78. The van der Waals surface area contributed by atoms with Gasteiger partial charge in [-0.25, -0.2) is 9.97 Å². The van der Waals surface area contributed by atoms with Gasteiger partial charge >= 0.3 is 0 Å². The van der Waals surface area contributed by atoms with Crippen LogP contribution >= 0.6 is 0 Å². The second-order valence-electron chi connectivity index (χ2n) is 6.70. The Morgan fingerprint density at radius 3 is 2.62 bits per heavy atom. The molecule has 21 heavy (non-hydrogen) atoms. The summed E-state index contributed by atoms with van der Waals surface area (Å²) < 4.78 is 0. The summed E-state index contributed by atoms with van der Waals surface area (Å²) >= 11 is 0. The molecule has 2 aliphatic rings. The van der Waals surface area contributed by atoms with E-state index in [9.17, 15) is 4.79 Å². The number of hydrogen-bond acceptors (Lipinski definition) is 4. The van der Waals surface area contributed by atoms with Crippen LogP contribution in [0.25, 0.3) is 0 Å². The first-order valence-electron chi connectivity index (χ1n) is 7.87. The number of aromatic nitrogens is 2. The Kier molecular flexibility index (Phi) is 3.59. The van der Waals surface area contributed by atoms with Crippen LogP contribution in [0.2, 0.25) is 0 Å². The lowest BCUT2D eigenvalue weighted by Gasteiger charge is -2.36. The van der Waals surface area contributed by atoms with Gasteiger partial charge in [0, 0.05) is 37.9 Å². The number of hydrogen-bond donors (Lipinski definition) is 0. The smallest absolute Gasteiger partial charge is 0.225 e. The number of likely N-dealkylation sites (tertiary alicyclic amines) is 1. The first-order valence-corrected chi connectivity index (χ1v) is 7.87. The van der Waals surface area contributed by atoms with E-state index in [1.807, 2.05) is 33.2 Å². The maximum atomic E-state index is 12.5. The molecule has 1 spiro atoms. The van der Waals surface area contributed by atoms with Gasteiger partial charge in [0.25, 0.3) is 0 Å². The molecular weight excluding hydrogens is 264 g/mol. The zero-order valence-corrected chi connectivity index (χ0v) is 13.2. The van der Waals surface area contributed by atoms with E-state index in [4.69, 9.17) is 0 Å². The van der Waals surface area contributed by atoms with Crippen LogP contribution in [-0.4, -0.2) is 45.9 Å². The minimum atomic E-state index is 0.00952. The summed E-state index contributed by atoms with van der Waals surface area (Å²) in [6.07, 6.45) is 6.97. The predicted molar refractivity (Wildman–Crippen MR) is 82.1 cm³/mol. The van der Waals surface area contributed by atoms with Gasteiger partial charge in [-0.3, -0.25) is 4.79 Å². The molecule has 3 rings (SSSR count). The van der Waals surface area contributed by atoms with Crippen molar-refractivity contribution in [1.82, 2.24) is 14.9 Å². The molecule has 114 valence electrons. The summed E-state index contributed by atoms with van der Waals surface area (Å²) in [5.74, 6) is 1.16. The minimum Gasteiger partial charge on any atom is -0.338 e. The van der Waals surface area contributed by atoms with Crippen molar-refractivity contribution in [1.29, 1.82) is 0 Å². The number of anilines is 1. The topological polar surface area (TPSA) is 49.3 Å². The van der Waals surface area contributed by atoms with Crippen molar-refractivity contribution in [3.05, 3.63) is 18.0 Å². The second kappa shape index (κ2) is 5.28. The first kappa shape index (κ1) is 14.3. The summed E-state index contributed by atoms with van der Waals surface area (Å²) in [6.45, 7) is 8.68. The molecule has 1 aromatic rings. The molecule has 0 radical (unpaired) electrons. The van der Waals surface area contributed by atoms with Crippen LogP contribution in [0.4, 0.5) is 5.95 Å². The number of carbonyl (C=O) groups excluding carboxylic acids is 1. The fraction of sp³-hybridized carbons (Fsp3) is 0.688. The van der Waals surface area contributed by atoms with Gasteiger partial charge in [0.1, 0.15) is 0 Å². The van der Waals surface area contributed by atoms with E-state index in [1.54, 1.807) is 0 Å². The fourth-order valence-electron chi connectivity index (χ4n) is 3.59. The van der Waals surface area contributed by atoms with Crippen LogP contribution in [0.3, 0.4) is 0 Å². The molecule has 0 aromatic carbocycles.